The van der Waals surface area contributed by atoms with Gasteiger partial charge >= 0.3 is 12.1 Å². The molecule has 1 heterocycles. The Bertz CT molecular complexity index is 487. The van der Waals surface area contributed by atoms with Crippen LogP contribution < -0.4 is 10.9 Å². The maximum Gasteiger partial charge on any atom is 0.422 e. The Hall–Kier alpha value is -2.02. The van der Waals surface area contributed by atoms with E-state index in [4.69, 9.17) is 9.15 Å². The summed E-state index contributed by atoms with van der Waals surface area (Å²) in [6.45, 7) is 7.19. The standard InChI is InChI=1S/C13H20N2O5/c1-8-10(11(16)18-5)6-9(19-8)7-14-15-12(17)20-13(2,3)4/h6,14H,7H2,1-5H3,(H,15,17). The van der Waals surface area contributed by atoms with Crippen molar-refractivity contribution in [3.63, 3.8) is 0 Å². The fourth-order valence-corrected chi connectivity index (χ4v) is 1.45. The molecule has 0 spiro atoms. The number of furan rings is 1. The van der Waals surface area contributed by atoms with Gasteiger partial charge in [0.15, 0.2) is 0 Å². The quantitative estimate of drug-likeness (QED) is 0.648. The highest BCUT2D eigenvalue weighted by molar-refractivity contribution is 5.90. The zero-order valence-electron chi connectivity index (χ0n) is 12.3. The van der Waals surface area contributed by atoms with E-state index in [9.17, 15) is 9.59 Å². The van der Waals surface area contributed by atoms with Crippen LogP contribution in [0.1, 0.15) is 42.6 Å². The smallest absolute Gasteiger partial charge is 0.422 e. The van der Waals surface area contributed by atoms with Gasteiger partial charge in [-0.05, 0) is 33.8 Å². The van der Waals surface area contributed by atoms with E-state index < -0.39 is 17.7 Å². The largest absolute Gasteiger partial charge is 0.465 e. The molecule has 112 valence electrons. The molecule has 20 heavy (non-hydrogen) atoms. The van der Waals surface area contributed by atoms with Crippen molar-refractivity contribution in [1.82, 2.24) is 10.9 Å². The molecule has 7 nitrogen and oxygen atoms in total. The number of methoxy groups -OCH3 is 1. The van der Waals surface area contributed by atoms with Crippen molar-refractivity contribution in [1.29, 1.82) is 0 Å². The third kappa shape index (κ3) is 4.93. The normalized spacial score (nSPS) is 11.1. The number of amides is 1. The lowest BCUT2D eigenvalue weighted by Gasteiger charge is -2.19. The molecule has 0 aliphatic heterocycles. The Morgan fingerprint density at radius 3 is 2.55 bits per heavy atom. The molecule has 0 aliphatic carbocycles. The summed E-state index contributed by atoms with van der Waals surface area (Å²) in [4.78, 5) is 22.8. The molecule has 1 rings (SSSR count). The van der Waals surface area contributed by atoms with Crippen molar-refractivity contribution in [2.75, 3.05) is 7.11 Å². The lowest BCUT2D eigenvalue weighted by molar-refractivity contribution is 0.0494. The molecule has 0 aromatic carbocycles. The van der Waals surface area contributed by atoms with Gasteiger partial charge in [-0.15, -0.1) is 0 Å². The van der Waals surface area contributed by atoms with Gasteiger partial charge in [0.25, 0.3) is 0 Å². The molecule has 1 aromatic rings. The third-order valence-corrected chi connectivity index (χ3v) is 2.23. The Morgan fingerprint density at radius 2 is 2.00 bits per heavy atom. The number of hydrogen-bond donors (Lipinski definition) is 2. The second-order valence-electron chi connectivity index (χ2n) is 5.15. The summed E-state index contributed by atoms with van der Waals surface area (Å²) < 4.78 is 15.0. The van der Waals surface area contributed by atoms with E-state index in [1.807, 2.05) is 0 Å². The zero-order valence-corrected chi connectivity index (χ0v) is 12.3. The summed E-state index contributed by atoms with van der Waals surface area (Å²) in [6.07, 6.45) is -0.589. The van der Waals surface area contributed by atoms with Crippen molar-refractivity contribution in [2.24, 2.45) is 0 Å². The lowest BCUT2D eigenvalue weighted by Crippen LogP contribution is -2.40. The summed E-state index contributed by atoms with van der Waals surface area (Å²) in [7, 11) is 1.30. The number of carbonyl (C=O) groups is 2. The summed E-state index contributed by atoms with van der Waals surface area (Å²) >= 11 is 0. The van der Waals surface area contributed by atoms with Crippen LogP contribution in [0.4, 0.5) is 4.79 Å². The highest BCUT2D eigenvalue weighted by Gasteiger charge is 2.17. The van der Waals surface area contributed by atoms with Crippen LogP contribution in [0.5, 0.6) is 0 Å². The van der Waals surface area contributed by atoms with Gasteiger partial charge in [0.05, 0.1) is 13.7 Å². The summed E-state index contributed by atoms with van der Waals surface area (Å²) in [6, 6.07) is 1.56. The van der Waals surface area contributed by atoms with Gasteiger partial charge in [0.2, 0.25) is 0 Å². The first-order chi connectivity index (χ1) is 9.23. The number of esters is 1. The molecule has 0 radical (unpaired) electrons. The Balaban J connectivity index is 2.47. The average molecular weight is 284 g/mol. The zero-order chi connectivity index (χ0) is 15.3. The number of rotatable bonds is 4. The van der Waals surface area contributed by atoms with Crippen molar-refractivity contribution >= 4 is 12.1 Å². The van der Waals surface area contributed by atoms with E-state index in [0.29, 0.717) is 17.1 Å². The van der Waals surface area contributed by atoms with E-state index in [2.05, 4.69) is 15.6 Å². The first kappa shape index (κ1) is 16.0. The second-order valence-corrected chi connectivity index (χ2v) is 5.15. The number of hydrogen-bond acceptors (Lipinski definition) is 6. The summed E-state index contributed by atoms with van der Waals surface area (Å²) in [5.41, 5.74) is 4.82. The number of hydrazine groups is 1. The highest BCUT2D eigenvalue weighted by Crippen LogP contribution is 2.15. The van der Waals surface area contributed by atoms with Gasteiger partial charge in [-0.2, -0.15) is 0 Å². The van der Waals surface area contributed by atoms with Crippen LogP contribution in [-0.4, -0.2) is 24.8 Å². The van der Waals surface area contributed by atoms with Gasteiger partial charge in [-0.3, -0.25) is 5.43 Å². The van der Waals surface area contributed by atoms with Crippen LogP contribution in [0.25, 0.3) is 0 Å². The number of nitrogens with one attached hydrogen (secondary N) is 2. The van der Waals surface area contributed by atoms with Crippen LogP contribution in [0.15, 0.2) is 10.5 Å². The topological polar surface area (TPSA) is 89.8 Å². The Kier molecular flexibility index (Phi) is 5.15. The summed E-state index contributed by atoms with van der Waals surface area (Å²) in [5, 5.41) is 0. The van der Waals surface area contributed by atoms with Gasteiger partial charge in [-0.1, -0.05) is 0 Å². The minimum Gasteiger partial charge on any atom is -0.465 e. The van der Waals surface area contributed by atoms with E-state index in [1.165, 1.54) is 7.11 Å². The number of carbonyl (C=O) groups excluding carboxylic acids is 2. The van der Waals surface area contributed by atoms with Gasteiger partial charge in [0.1, 0.15) is 22.7 Å². The Morgan fingerprint density at radius 1 is 1.35 bits per heavy atom. The van der Waals surface area contributed by atoms with E-state index in [0.717, 1.165) is 0 Å². The predicted molar refractivity (Wildman–Crippen MR) is 71.0 cm³/mol. The van der Waals surface area contributed by atoms with Crippen molar-refractivity contribution < 1.29 is 23.5 Å². The number of aryl methyl sites for hydroxylation is 1. The average Bonchev–Trinajstić information content (AvgIpc) is 2.67. The van der Waals surface area contributed by atoms with Crippen LogP contribution in [-0.2, 0) is 16.0 Å². The van der Waals surface area contributed by atoms with E-state index >= 15 is 0 Å². The molecule has 0 unspecified atom stereocenters. The monoisotopic (exact) mass is 284 g/mol. The second kappa shape index (κ2) is 6.42. The molecule has 0 saturated heterocycles. The predicted octanol–water partition coefficient (Wildman–Crippen LogP) is 1.90. The fourth-order valence-electron chi connectivity index (χ4n) is 1.45. The van der Waals surface area contributed by atoms with Gasteiger partial charge in [-0.25, -0.2) is 15.0 Å². The lowest BCUT2D eigenvalue weighted by atomic mass is 10.2. The van der Waals surface area contributed by atoms with Crippen molar-refractivity contribution in [3.8, 4) is 0 Å². The minimum absolute atomic E-state index is 0.219. The first-order valence-corrected chi connectivity index (χ1v) is 6.12. The molecule has 1 aromatic heterocycles. The molecular formula is C13H20N2O5. The van der Waals surface area contributed by atoms with Crippen LogP contribution in [0, 0.1) is 6.92 Å². The van der Waals surface area contributed by atoms with Crippen LogP contribution in [0.3, 0.4) is 0 Å². The molecule has 0 atom stereocenters. The highest BCUT2D eigenvalue weighted by atomic mass is 16.6. The first-order valence-electron chi connectivity index (χ1n) is 6.12. The molecule has 7 heteroatoms. The molecule has 0 bridgehead atoms. The van der Waals surface area contributed by atoms with Crippen molar-refractivity contribution in [3.05, 3.63) is 23.2 Å². The molecule has 0 aliphatic rings. The van der Waals surface area contributed by atoms with Crippen LogP contribution >= 0.6 is 0 Å². The third-order valence-electron chi connectivity index (χ3n) is 2.23. The SMILES string of the molecule is COC(=O)c1cc(CNNC(=O)OC(C)(C)C)oc1C. The minimum atomic E-state index is -0.589. The molecule has 0 saturated carbocycles. The van der Waals surface area contributed by atoms with Gasteiger partial charge in [0, 0.05) is 0 Å². The van der Waals surface area contributed by atoms with Gasteiger partial charge < -0.3 is 13.9 Å². The fraction of sp³-hybridized carbons (Fsp3) is 0.538. The maximum absolute atomic E-state index is 11.4. The molecule has 2 N–H and O–H groups in total. The molecular weight excluding hydrogens is 264 g/mol. The molecule has 1 amide bonds. The maximum atomic E-state index is 11.4. The Labute approximate surface area is 117 Å². The van der Waals surface area contributed by atoms with Crippen molar-refractivity contribution in [2.45, 2.75) is 39.8 Å². The van der Waals surface area contributed by atoms with E-state index in [-0.39, 0.29) is 6.54 Å². The van der Waals surface area contributed by atoms with E-state index in [1.54, 1.807) is 33.8 Å². The van der Waals surface area contributed by atoms with Crippen LogP contribution in [0.2, 0.25) is 0 Å². The molecule has 0 fully saturated rings. The summed E-state index contributed by atoms with van der Waals surface area (Å²) in [5.74, 6) is 0.502. The number of ether oxygens (including phenoxy) is 2.